The number of aliphatic hydroxyl groups excluding tert-OH is 1. The predicted molar refractivity (Wildman–Crippen MR) is 96.4 cm³/mol. The molecule has 25 heavy (non-hydrogen) atoms. The summed E-state index contributed by atoms with van der Waals surface area (Å²) in [5.74, 6) is -0.233. The number of aryl methyl sites for hydroxylation is 2. The maximum atomic E-state index is 12.4. The number of carbonyl (C=O) groups excluding carboxylic acids is 2. The smallest absolute Gasteiger partial charge is 0.267 e. The Hall–Kier alpha value is -2.21. The molecular formula is C19H25N3O3. The molecule has 6 nitrogen and oxygen atoms in total. The summed E-state index contributed by atoms with van der Waals surface area (Å²) in [6.07, 6.45) is 3.02. The minimum absolute atomic E-state index is 0.100. The van der Waals surface area contributed by atoms with Gasteiger partial charge in [-0.25, -0.2) is 5.01 Å². The van der Waals surface area contributed by atoms with Gasteiger partial charge in [0.25, 0.3) is 5.91 Å². The molecule has 1 aromatic rings. The maximum absolute atomic E-state index is 12.4. The maximum Gasteiger partial charge on any atom is 0.267 e. The van der Waals surface area contributed by atoms with Gasteiger partial charge in [-0.3, -0.25) is 9.59 Å². The molecule has 0 radical (unpaired) electrons. The number of nitrogens with one attached hydrogen (secondary N) is 1. The molecule has 2 atom stereocenters. The molecule has 1 aliphatic carbocycles. The van der Waals surface area contributed by atoms with E-state index in [4.69, 9.17) is 0 Å². The van der Waals surface area contributed by atoms with Crippen LogP contribution in [0.5, 0.6) is 0 Å². The van der Waals surface area contributed by atoms with Crippen LogP contribution in [0.3, 0.4) is 0 Å². The molecule has 0 unspecified atom stereocenters. The molecule has 2 N–H and O–H groups in total. The van der Waals surface area contributed by atoms with Crippen LogP contribution in [-0.2, 0) is 9.59 Å². The second-order valence-corrected chi connectivity index (χ2v) is 7.01. The average Bonchev–Trinajstić information content (AvgIpc) is 3.00. The largest absolute Gasteiger partial charge is 0.393 e. The number of nitrogens with zero attached hydrogens (tertiary/aromatic N) is 2. The van der Waals surface area contributed by atoms with Crippen LogP contribution in [-0.4, -0.2) is 35.3 Å². The van der Waals surface area contributed by atoms with Gasteiger partial charge in [0.1, 0.15) is 5.71 Å². The monoisotopic (exact) mass is 343 g/mol. The Bertz CT molecular complexity index is 714. The van der Waals surface area contributed by atoms with Gasteiger partial charge in [-0.2, -0.15) is 5.10 Å². The van der Waals surface area contributed by atoms with Crippen LogP contribution in [0.25, 0.3) is 0 Å². The molecule has 0 saturated heterocycles. The number of amides is 2. The van der Waals surface area contributed by atoms with E-state index < -0.39 is 0 Å². The minimum Gasteiger partial charge on any atom is -0.393 e. The summed E-state index contributed by atoms with van der Waals surface area (Å²) in [5.41, 5.74) is 3.07. The molecule has 0 bridgehead atoms. The van der Waals surface area contributed by atoms with Crippen LogP contribution in [0.4, 0.5) is 5.69 Å². The van der Waals surface area contributed by atoms with Crippen molar-refractivity contribution in [2.75, 3.05) is 11.6 Å². The zero-order chi connectivity index (χ0) is 18.0. The fraction of sp³-hybridized carbons (Fsp3) is 0.526. The van der Waals surface area contributed by atoms with E-state index in [0.29, 0.717) is 18.7 Å². The third-order valence-corrected chi connectivity index (χ3v) is 5.03. The Morgan fingerprint density at radius 3 is 2.84 bits per heavy atom. The van der Waals surface area contributed by atoms with Crippen LogP contribution in [0.2, 0.25) is 0 Å². The summed E-state index contributed by atoms with van der Waals surface area (Å²) in [6.45, 7) is 4.34. The van der Waals surface area contributed by atoms with E-state index in [0.717, 1.165) is 36.1 Å². The lowest BCUT2D eigenvalue weighted by Crippen LogP contribution is -2.41. The zero-order valence-electron chi connectivity index (χ0n) is 14.8. The van der Waals surface area contributed by atoms with Crippen molar-refractivity contribution in [2.45, 2.75) is 52.1 Å². The molecule has 1 aliphatic heterocycles. The first-order valence-electron chi connectivity index (χ1n) is 8.89. The lowest BCUT2D eigenvalue weighted by atomic mass is 10.1. The van der Waals surface area contributed by atoms with Crippen molar-refractivity contribution in [3.63, 3.8) is 0 Å². The third kappa shape index (κ3) is 3.90. The summed E-state index contributed by atoms with van der Waals surface area (Å²) in [6, 6.07) is 5.84. The first kappa shape index (κ1) is 17.6. The number of carbonyl (C=O) groups is 2. The fourth-order valence-corrected chi connectivity index (χ4v) is 3.43. The van der Waals surface area contributed by atoms with Gasteiger partial charge in [-0.15, -0.1) is 0 Å². The highest BCUT2D eigenvalue weighted by molar-refractivity contribution is 6.40. The second-order valence-electron chi connectivity index (χ2n) is 7.01. The van der Waals surface area contributed by atoms with Crippen LogP contribution in [0, 0.1) is 19.8 Å². The van der Waals surface area contributed by atoms with Crippen molar-refractivity contribution in [3.8, 4) is 0 Å². The number of rotatable bonds is 4. The minimum atomic E-state index is -0.332. The predicted octanol–water partition coefficient (Wildman–Crippen LogP) is 2.06. The zero-order valence-corrected chi connectivity index (χ0v) is 14.8. The number of hydrogen-bond donors (Lipinski definition) is 2. The molecular weight excluding hydrogens is 318 g/mol. The Balaban J connectivity index is 1.73. The molecule has 1 heterocycles. The van der Waals surface area contributed by atoms with Crippen molar-refractivity contribution < 1.29 is 14.7 Å². The van der Waals surface area contributed by atoms with E-state index in [9.17, 15) is 14.7 Å². The van der Waals surface area contributed by atoms with Crippen molar-refractivity contribution in [2.24, 2.45) is 11.0 Å². The number of anilines is 1. The Kier molecular flexibility index (Phi) is 5.18. The van der Waals surface area contributed by atoms with E-state index in [1.165, 1.54) is 5.01 Å². The number of aliphatic hydroxyl groups is 1. The SMILES string of the molecule is Cc1ccc(C)c(N2N=C(C(=O)NC[C@@H]3CCC[C@H]3O)CCC2=O)c1. The van der Waals surface area contributed by atoms with Crippen molar-refractivity contribution in [3.05, 3.63) is 29.3 Å². The van der Waals surface area contributed by atoms with Crippen LogP contribution in [0.1, 0.15) is 43.2 Å². The highest BCUT2D eigenvalue weighted by Crippen LogP contribution is 2.26. The molecule has 1 aromatic carbocycles. The third-order valence-electron chi connectivity index (χ3n) is 5.03. The Morgan fingerprint density at radius 2 is 2.12 bits per heavy atom. The highest BCUT2D eigenvalue weighted by atomic mass is 16.3. The number of hydrogen-bond acceptors (Lipinski definition) is 4. The van der Waals surface area contributed by atoms with Gasteiger partial charge >= 0.3 is 0 Å². The van der Waals surface area contributed by atoms with E-state index >= 15 is 0 Å². The summed E-state index contributed by atoms with van der Waals surface area (Å²) in [4.78, 5) is 24.7. The first-order chi connectivity index (χ1) is 12.0. The summed E-state index contributed by atoms with van der Waals surface area (Å²) in [7, 11) is 0. The van der Waals surface area contributed by atoms with E-state index in [2.05, 4.69) is 10.4 Å². The Labute approximate surface area is 147 Å². The summed E-state index contributed by atoms with van der Waals surface area (Å²) < 4.78 is 0. The highest BCUT2D eigenvalue weighted by Gasteiger charge is 2.29. The molecule has 3 rings (SSSR count). The van der Waals surface area contributed by atoms with E-state index in [1.54, 1.807) is 0 Å². The molecule has 6 heteroatoms. The van der Waals surface area contributed by atoms with Crippen LogP contribution in [0.15, 0.2) is 23.3 Å². The van der Waals surface area contributed by atoms with Gasteiger partial charge < -0.3 is 10.4 Å². The Morgan fingerprint density at radius 1 is 1.32 bits per heavy atom. The van der Waals surface area contributed by atoms with Crippen LogP contribution < -0.4 is 10.3 Å². The van der Waals surface area contributed by atoms with E-state index in [1.807, 2.05) is 32.0 Å². The molecule has 2 aliphatic rings. The van der Waals surface area contributed by atoms with Crippen molar-refractivity contribution in [1.82, 2.24) is 5.32 Å². The van der Waals surface area contributed by atoms with Gasteiger partial charge in [0.15, 0.2) is 0 Å². The van der Waals surface area contributed by atoms with Gasteiger partial charge in [-0.1, -0.05) is 18.6 Å². The van der Waals surface area contributed by atoms with Crippen molar-refractivity contribution >= 4 is 23.2 Å². The molecule has 1 fully saturated rings. The first-order valence-corrected chi connectivity index (χ1v) is 8.89. The standard InChI is InChI=1S/C19H25N3O3/c1-12-6-7-13(2)16(10-12)22-18(24)9-8-15(21-22)19(25)20-11-14-4-3-5-17(14)23/h6-7,10,14,17,23H,3-5,8-9,11H2,1-2H3,(H,20,25)/t14-,17+/m0/s1. The second kappa shape index (κ2) is 7.35. The van der Waals surface area contributed by atoms with Gasteiger partial charge in [-0.05, 0) is 43.9 Å². The molecule has 0 aromatic heterocycles. The van der Waals surface area contributed by atoms with Crippen molar-refractivity contribution in [1.29, 1.82) is 0 Å². The molecule has 134 valence electrons. The number of hydrazone groups is 1. The van der Waals surface area contributed by atoms with Crippen LogP contribution >= 0.6 is 0 Å². The van der Waals surface area contributed by atoms with E-state index in [-0.39, 0.29) is 30.3 Å². The normalized spacial score (nSPS) is 23.6. The summed E-state index contributed by atoms with van der Waals surface area (Å²) >= 11 is 0. The van der Waals surface area contributed by atoms with Gasteiger partial charge in [0.2, 0.25) is 5.91 Å². The molecule has 2 amide bonds. The summed E-state index contributed by atoms with van der Waals surface area (Å²) in [5, 5.41) is 18.4. The number of benzene rings is 1. The van der Waals surface area contributed by atoms with Gasteiger partial charge in [0, 0.05) is 25.3 Å². The average molecular weight is 343 g/mol. The van der Waals surface area contributed by atoms with Gasteiger partial charge in [0.05, 0.1) is 11.8 Å². The lowest BCUT2D eigenvalue weighted by molar-refractivity contribution is -0.119. The topological polar surface area (TPSA) is 82.0 Å². The molecule has 0 spiro atoms. The fourth-order valence-electron chi connectivity index (χ4n) is 3.43. The lowest BCUT2D eigenvalue weighted by Gasteiger charge is -2.25. The quantitative estimate of drug-likeness (QED) is 0.878. The molecule has 1 saturated carbocycles.